The number of amides is 1. The highest BCUT2D eigenvalue weighted by molar-refractivity contribution is 7.16. The molecule has 0 spiro atoms. The van der Waals surface area contributed by atoms with Crippen molar-refractivity contribution in [1.29, 1.82) is 0 Å². The molecule has 1 N–H and O–H groups in total. The molecule has 146 valence electrons. The normalized spacial score (nSPS) is 20.3. The largest absolute Gasteiger partial charge is 0.497 e. The number of alkyl halides is 3. The van der Waals surface area contributed by atoms with Crippen LogP contribution in [0.1, 0.15) is 30.6 Å². The molecule has 1 aliphatic carbocycles. The monoisotopic (exact) mass is 398 g/mol. The fourth-order valence-corrected chi connectivity index (χ4v) is 4.34. The minimum Gasteiger partial charge on any atom is -0.497 e. The van der Waals surface area contributed by atoms with Gasteiger partial charge in [0, 0.05) is 16.4 Å². The van der Waals surface area contributed by atoms with E-state index >= 15 is 0 Å². The number of methoxy groups -OCH3 is 1. The second-order valence-electron chi connectivity index (χ2n) is 6.68. The Bertz CT molecular complexity index is 802. The predicted molar refractivity (Wildman–Crippen MR) is 99.0 cm³/mol. The molecule has 27 heavy (non-hydrogen) atoms. The van der Waals surface area contributed by atoms with Crippen molar-refractivity contribution < 1.29 is 22.7 Å². The summed E-state index contributed by atoms with van der Waals surface area (Å²) in [4.78, 5) is 17.8. The SMILES string of the molecule is COc1ccc(-c2nc(NC(=O)[C@@H]3CCCC[C@@H]3C(F)(F)F)sc2C)cc1. The average Bonchev–Trinajstić information content (AvgIpc) is 3.01. The lowest BCUT2D eigenvalue weighted by Crippen LogP contribution is -2.39. The number of anilines is 1. The number of benzene rings is 1. The zero-order valence-electron chi connectivity index (χ0n) is 15.1. The molecule has 3 rings (SSSR count). The summed E-state index contributed by atoms with van der Waals surface area (Å²) in [6, 6.07) is 7.32. The van der Waals surface area contributed by atoms with E-state index in [9.17, 15) is 18.0 Å². The molecular formula is C19H21F3N2O2S. The van der Waals surface area contributed by atoms with Crippen LogP contribution >= 0.6 is 11.3 Å². The number of nitrogens with zero attached hydrogens (tertiary/aromatic N) is 1. The maximum absolute atomic E-state index is 13.2. The van der Waals surface area contributed by atoms with Gasteiger partial charge in [0.2, 0.25) is 5.91 Å². The molecule has 1 aromatic heterocycles. The van der Waals surface area contributed by atoms with Crippen molar-refractivity contribution >= 4 is 22.4 Å². The highest BCUT2D eigenvalue weighted by Gasteiger charge is 2.48. The third kappa shape index (κ3) is 4.43. The topological polar surface area (TPSA) is 51.2 Å². The number of ether oxygens (including phenoxy) is 1. The third-order valence-corrected chi connectivity index (χ3v) is 5.80. The van der Waals surface area contributed by atoms with Crippen LogP contribution in [0.25, 0.3) is 11.3 Å². The first kappa shape index (κ1) is 19.7. The van der Waals surface area contributed by atoms with Gasteiger partial charge in [0.15, 0.2) is 5.13 Å². The van der Waals surface area contributed by atoms with Gasteiger partial charge in [-0.3, -0.25) is 4.79 Å². The van der Waals surface area contributed by atoms with Gasteiger partial charge in [-0.05, 0) is 44.0 Å². The summed E-state index contributed by atoms with van der Waals surface area (Å²) in [5.74, 6) is -2.50. The lowest BCUT2D eigenvalue weighted by atomic mass is 9.78. The van der Waals surface area contributed by atoms with E-state index in [0.717, 1.165) is 16.2 Å². The number of hydrogen-bond acceptors (Lipinski definition) is 4. The van der Waals surface area contributed by atoms with Crippen LogP contribution in [0.4, 0.5) is 18.3 Å². The number of rotatable bonds is 4. The molecule has 1 aromatic carbocycles. The number of aromatic nitrogens is 1. The predicted octanol–water partition coefficient (Wildman–Crippen LogP) is 5.43. The highest BCUT2D eigenvalue weighted by atomic mass is 32.1. The third-order valence-electron chi connectivity index (χ3n) is 4.91. The second-order valence-corrected chi connectivity index (χ2v) is 7.88. The Morgan fingerprint density at radius 3 is 2.52 bits per heavy atom. The van der Waals surface area contributed by atoms with Crippen molar-refractivity contribution in [2.45, 2.75) is 38.8 Å². The first-order valence-corrected chi connectivity index (χ1v) is 9.60. The zero-order chi connectivity index (χ0) is 19.6. The van der Waals surface area contributed by atoms with Crippen LogP contribution in [0.15, 0.2) is 24.3 Å². The van der Waals surface area contributed by atoms with Crippen molar-refractivity contribution in [3.05, 3.63) is 29.1 Å². The van der Waals surface area contributed by atoms with Gasteiger partial charge in [0.1, 0.15) is 5.75 Å². The molecule has 4 nitrogen and oxygen atoms in total. The van der Waals surface area contributed by atoms with E-state index in [1.807, 2.05) is 31.2 Å². The number of aryl methyl sites for hydroxylation is 1. The van der Waals surface area contributed by atoms with Gasteiger partial charge in [-0.25, -0.2) is 4.98 Å². The van der Waals surface area contributed by atoms with Crippen LogP contribution in [-0.2, 0) is 4.79 Å². The van der Waals surface area contributed by atoms with E-state index in [1.165, 1.54) is 11.3 Å². The number of carbonyl (C=O) groups excluding carboxylic acids is 1. The van der Waals surface area contributed by atoms with Crippen molar-refractivity contribution in [1.82, 2.24) is 4.98 Å². The molecule has 8 heteroatoms. The van der Waals surface area contributed by atoms with Crippen molar-refractivity contribution in [2.24, 2.45) is 11.8 Å². The molecule has 0 bridgehead atoms. The van der Waals surface area contributed by atoms with Crippen LogP contribution in [0.5, 0.6) is 5.75 Å². The minimum absolute atomic E-state index is 0.00951. The first-order chi connectivity index (χ1) is 12.8. The van der Waals surface area contributed by atoms with Crippen molar-refractivity contribution in [3.8, 4) is 17.0 Å². The van der Waals surface area contributed by atoms with Crippen LogP contribution < -0.4 is 10.1 Å². The van der Waals surface area contributed by atoms with Crippen LogP contribution in [0.2, 0.25) is 0 Å². The van der Waals surface area contributed by atoms with Gasteiger partial charge in [0.25, 0.3) is 0 Å². The first-order valence-electron chi connectivity index (χ1n) is 8.79. The summed E-state index contributed by atoms with van der Waals surface area (Å²) in [6.07, 6.45) is -2.94. The minimum atomic E-state index is -4.35. The van der Waals surface area contributed by atoms with Crippen LogP contribution in [-0.4, -0.2) is 24.2 Å². The van der Waals surface area contributed by atoms with E-state index in [0.29, 0.717) is 23.7 Å². The Morgan fingerprint density at radius 2 is 1.89 bits per heavy atom. The van der Waals surface area contributed by atoms with Gasteiger partial charge < -0.3 is 10.1 Å². The summed E-state index contributed by atoms with van der Waals surface area (Å²) >= 11 is 1.26. The lowest BCUT2D eigenvalue weighted by molar-refractivity contribution is -0.197. The van der Waals surface area contributed by atoms with E-state index in [1.54, 1.807) is 7.11 Å². The Hall–Kier alpha value is -2.09. The molecule has 2 aromatic rings. The second kappa shape index (κ2) is 7.88. The molecular weight excluding hydrogens is 377 g/mol. The Kier molecular flexibility index (Phi) is 5.74. The quantitative estimate of drug-likeness (QED) is 0.747. The van der Waals surface area contributed by atoms with Crippen LogP contribution in [0.3, 0.4) is 0 Å². The van der Waals surface area contributed by atoms with Gasteiger partial charge in [-0.15, -0.1) is 11.3 Å². The summed E-state index contributed by atoms with van der Waals surface area (Å²) in [6.45, 7) is 1.87. The molecule has 0 radical (unpaired) electrons. The summed E-state index contributed by atoms with van der Waals surface area (Å²) in [5.41, 5.74) is 1.56. The summed E-state index contributed by atoms with van der Waals surface area (Å²) < 4.78 is 44.8. The smallest absolute Gasteiger partial charge is 0.392 e. The summed E-state index contributed by atoms with van der Waals surface area (Å²) in [5, 5.41) is 2.94. The lowest BCUT2D eigenvalue weighted by Gasteiger charge is -2.31. The molecule has 1 amide bonds. The number of hydrogen-bond donors (Lipinski definition) is 1. The molecule has 2 atom stereocenters. The zero-order valence-corrected chi connectivity index (χ0v) is 15.9. The molecule has 1 heterocycles. The van der Waals surface area contributed by atoms with Crippen molar-refractivity contribution in [3.63, 3.8) is 0 Å². The maximum Gasteiger partial charge on any atom is 0.392 e. The van der Waals surface area contributed by atoms with Crippen molar-refractivity contribution in [2.75, 3.05) is 12.4 Å². The number of thiazole rings is 1. The Morgan fingerprint density at radius 1 is 1.22 bits per heavy atom. The number of halogens is 3. The molecule has 1 saturated carbocycles. The maximum atomic E-state index is 13.2. The number of carbonyl (C=O) groups is 1. The average molecular weight is 398 g/mol. The fourth-order valence-electron chi connectivity index (χ4n) is 3.50. The van der Waals surface area contributed by atoms with E-state index in [4.69, 9.17) is 4.74 Å². The molecule has 0 aliphatic heterocycles. The van der Waals surface area contributed by atoms with Gasteiger partial charge >= 0.3 is 6.18 Å². The standard InChI is InChI=1S/C19H21F3N2O2S/c1-11-16(12-7-9-13(26-2)10-8-12)23-18(27-11)24-17(25)14-5-3-4-6-15(14)19(20,21)22/h7-10,14-15H,3-6H2,1-2H3,(H,23,24,25)/t14-,15+/m1/s1. The van der Waals surface area contributed by atoms with E-state index < -0.39 is 23.9 Å². The van der Waals surface area contributed by atoms with E-state index in [2.05, 4.69) is 10.3 Å². The highest BCUT2D eigenvalue weighted by Crippen LogP contribution is 2.42. The molecule has 0 saturated heterocycles. The number of nitrogens with one attached hydrogen (secondary N) is 1. The molecule has 0 unspecified atom stereocenters. The summed E-state index contributed by atoms with van der Waals surface area (Å²) in [7, 11) is 1.58. The Labute approximate surface area is 159 Å². The molecule has 1 aliphatic rings. The van der Waals surface area contributed by atoms with Crippen LogP contribution in [0, 0.1) is 18.8 Å². The molecule has 1 fully saturated rings. The fraction of sp³-hybridized carbons (Fsp3) is 0.474. The van der Waals surface area contributed by atoms with Gasteiger partial charge in [0.05, 0.1) is 18.7 Å². The van der Waals surface area contributed by atoms with E-state index in [-0.39, 0.29) is 12.8 Å². The van der Waals surface area contributed by atoms with Gasteiger partial charge in [-0.1, -0.05) is 12.8 Å². The Balaban J connectivity index is 1.76. The van der Waals surface area contributed by atoms with Gasteiger partial charge in [-0.2, -0.15) is 13.2 Å².